The lowest BCUT2D eigenvalue weighted by Crippen LogP contribution is -2.29. The quantitative estimate of drug-likeness (QED) is 0.675. The molecule has 1 atom stereocenters. The molecular formula is C10H20F3NO. The van der Waals surface area contributed by atoms with Gasteiger partial charge in [-0.05, 0) is 32.4 Å². The van der Waals surface area contributed by atoms with Crippen LogP contribution in [0, 0.1) is 5.92 Å². The smallest absolute Gasteiger partial charge is 0.369 e. The Balaban J connectivity index is 3.32. The number of rotatable bonds is 7. The SMILES string of the molecule is CC(C)CNCCCOC(C)C(F)(F)F. The van der Waals surface area contributed by atoms with Crippen LogP contribution in [-0.4, -0.2) is 32.0 Å². The van der Waals surface area contributed by atoms with Crippen molar-refractivity contribution in [1.29, 1.82) is 0 Å². The van der Waals surface area contributed by atoms with Crippen molar-refractivity contribution >= 4 is 0 Å². The summed E-state index contributed by atoms with van der Waals surface area (Å²) in [6.45, 7) is 6.91. The summed E-state index contributed by atoms with van der Waals surface area (Å²) in [6.07, 6.45) is -5.30. The Morgan fingerprint density at radius 3 is 2.27 bits per heavy atom. The molecule has 0 saturated carbocycles. The maximum atomic E-state index is 12.0. The van der Waals surface area contributed by atoms with Crippen LogP contribution < -0.4 is 5.32 Å². The van der Waals surface area contributed by atoms with Crippen LogP contribution in [0.2, 0.25) is 0 Å². The summed E-state index contributed by atoms with van der Waals surface area (Å²) >= 11 is 0. The van der Waals surface area contributed by atoms with E-state index in [1.54, 1.807) is 0 Å². The number of hydrogen-bond donors (Lipinski definition) is 1. The Hall–Kier alpha value is -0.290. The summed E-state index contributed by atoms with van der Waals surface area (Å²) in [4.78, 5) is 0. The average molecular weight is 227 g/mol. The van der Waals surface area contributed by atoms with Crippen molar-refractivity contribution in [2.24, 2.45) is 5.92 Å². The number of nitrogens with one attached hydrogen (secondary N) is 1. The van der Waals surface area contributed by atoms with Gasteiger partial charge >= 0.3 is 6.18 Å². The second-order valence-corrected chi connectivity index (χ2v) is 4.01. The van der Waals surface area contributed by atoms with E-state index in [1.807, 2.05) is 0 Å². The topological polar surface area (TPSA) is 21.3 Å². The van der Waals surface area contributed by atoms with E-state index in [1.165, 1.54) is 0 Å². The second kappa shape index (κ2) is 7.06. The molecule has 0 spiro atoms. The van der Waals surface area contributed by atoms with Gasteiger partial charge in [-0.25, -0.2) is 0 Å². The van der Waals surface area contributed by atoms with Gasteiger partial charge in [-0.1, -0.05) is 13.8 Å². The third-order valence-corrected chi connectivity index (χ3v) is 1.88. The van der Waals surface area contributed by atoms with Crippen LogP contribution in [0.4, 0.5) is 13.2 Å². The van der Waals surface area contributed by atoms with Crippen LogP contribution in [0.3, 0.4) is 0 Å². The Morgan fingerprint density at radius 2 is 1.80 bits per heavy atom. The summed E-state index contributed by atoms with van der Waals surface area (Å²) in [5.41, 5.74) is 0. The normalized spacial score (nSPS) is 14.6. The van der Waals surface area contributed by atoms with Crippen molar-refractivity contribution in [1.82, 2.24) is 5.32 Å². The molecule has 0 heterocycles. The molecule has 0 bridgehead atoms. The van der Waals surface area contributed by atoms with E-state index in [-0.39, 0.29) is 6.61 Å². The molecule has 0 aromatic rings. The third-order valence-electron chi connectivity index (χ3n) is 1.88. The Bertz CT molecular complexity index is 159. The molecule has 0 saturated heterocycles. The molecule has 0 aromatic heterocycles. The number of ether oxygens (including phenoxy) is 1. The third kappa shape index (κ3) is 8.69. The first-order valence-electron chi connectivity index (χ1n) is 5.23. The standard InChI is InChI=1S/C10H20F3NO/c1-8(2)7-14-5-4-6-15-9(3)10(11,12)13/h8-9,14H,4-7H2,1-3H3. The molecule has 0 aliphatic rings. The van der Waals surface area contributed by atoms with Crippen molar-refractivity contribution in [3.8, 4) is 0 Å². The lowest BCUT2D eigenvalue weighted by molar-refractivity contribution is -0.214. The fraction of sp³-hybridized carbons (Fsp3) is 1.00. The molecule has 0 fully saturated rings. The summed E-state index contributed by atoms with van der Waals surface area (Å²) in [5.74, 6) is 0.556. The van der Waals surface area contributed by atoms with Gasteiger partial charge in [0.05, 0.1) is 0 Å². The molecule has 0 amide bonds. The Morgan fingerprint density at radius 1 is 1.20 bits per heavy atom. The first kappa shape index (κ1) is 14.7. The molecule has 1 unspecified atom stereocenters. The summed E-state index contributed by atoms with van der Waals surface area (Å²) in [7, 11) is 0. The van der Waals surface area contributed by atoms with Crippen molar-refractivity contribution in [2.75, 3.05) is 19.7 Å². The summed E-state index contributed by atoms with van der Waals surface area (Å²) < 4.78 is 40.6. The fourth-order valence-electron chi connectivity index (χ4n) is 0.943. The zero-order chi connectivity index (χ0) is 11.9. The second-order valence-electron chi connectivity index (χ2n) is 4.01. The molecule has 2 nitrogen and oxygen atoms in total. The van der Waals surface area contributed by atoms with Crippen molar-refractivity contribution in [2.45, 2.75) is 39.5 Å². The molecular weight excluding hydrogens is 207 g/mol. The van der Waals surface area contributed by atoms with E-state index < -0.39 is 12.3 Å². The molecule has 5 heteroatoms. The molecule has 1 N–H and O–H groups in total. The van der Waals surface area contributed by atoms with Gasteiger partial charge < -0.3 is 10.1 Å². The molecule has 0 rings (SSSR count). The van der Waals surface area contributed by atoms with Crippen molar-refractivity contribution < 1.29 is 17.9 Å². The molecule has 15 heavy (non-hydrogen) atoms. The van der Waals surface area contributed by atoms with Crippen LogP contribution in [0.5, 0.6) is 0 Å². The lowest BCUT2D eigenvalue weighted by Gasteiger charge is -2.16. The Labute approximate surface area is 89.2 Å². The van der Waals surface area contributed by atoms with Crippen molar-refractivity contribution in [3.05, 3.63) is 0 Å². The minimum absolute atomic E-state index is 0.145. The largest absolute Gasteiger partial charge is 0.414 e. The van der Waals surface area contributed by atoms with Gasteiger partial charge in [0.15, 0.2) is 6.10 Å². The van der Waals surface area contributed by atoms with Gasteiger partial charge in [-0.3, -0.25) is 0 Å². The molecule has 0 aliphatic carbocycles. The maximum Gasteiger partial charge on any atom is 0.414 e. The first-order chi connectivity index (χ1) is 6.84. The van der Waals surface area contributed by atoms with E-state index in [9.17, 15) is 13.2 Å². The predicted molar refractivity (Wildman–Crippen MR) is 53.8 cm³/mol. The number of hydrogen-bond acceptors (Lipinski definition) is 2. The summed E-state index contributed by atoms with van der Waals surface area (Å²) in [6, 6.07) is 0. The highest BCUT2D eigenvalue weighted by molar-refractivity contribution is 4.60. The monoisotopic (exact) mass is 227 g/mol. The molecule has 92 valence electrons. The van der Waals surface area contributed by atoms with E-state index in [2.05, 4.69) is 23.9 Å². The maximum absolute atomic E-state index is 12.0. The average Bonchev–Trinajstić information content (AvgIpc) is 2.08. The predicted octanol–water partition coefficient (Wildman–Crippen LogP) is 2.59. The van der Waals surface area contributed by atoms with E-state index in [4.69, 9.17) is 0 Å². The van der Waals surface area contributed by atoms with Gasteiger partial charge in [0.25, 0.3) is 0 Å². The molecule has 0 aromatic carbocycles. The van der Waals surface area contributed by atoms with Gasteiger partial charge in [0, 0.05) is 6.61 Å². The van der Waals surface area contributed by atoms with Crippen LogP contribution in [0.1, 0.15) is 27.2 Å². The van der Waals surface area contributed by atoms with Crippen LogP contribution >= 0.6 is 0 Å². The highest BCUT2D eigenvalue weighted by Gasteiger charge is 2.36. The minimum Gasteiger partial charge on any atom is -0.369 e. The van der Waals surface area contributed by atoms with Crippen LogP contribution in [0.15, 0.2) is 0 Å². The van der Waals surface area contributed by atoms with Crippen LogP contribution in [-0.2, 0) is 4.74 Å². The van der Waals surface area contributed by atoms with Gasteiger partial charge in [-0.2, -0.15) is 13.2 Å². The van der Waals surface area contributed by atoms with Gasteiger partial charge in [0.2, 0.25) is 0 Å². The van der Waals surface area contributed by atoms with Gasteiger partial charge in [0.1, 0.15) is 0 Å². The number of halogens is 3. The highest BCUT2D eigenvalue weighted by atomic mass is 19.4. The van der Waals surface area contributed by atoms with Gasteiger partial charge in [-0.15, -0.1) is 0 Å². The molecule has 0 aliphatic heterocycles. The minimum atomic E-state index is -4.24. The Kier molecular flexibility index (Phi) is 6.92. The van der Waals surface area contributed by atoms with E-state index in [0.717, 1.165) is 13.5 Å². The zero-order valence-corrected chi connectivity index (χ0v) is 9.53. The zero-order valence-electron chi connectivity index (χ0n) is 9.53. The van der Waals surface area contributed by atoms with E-state index >= 15 is 0 Å². The van der Waals surface area contributed by atoms with Crippen molar-refractivity contribution in [3.63, 3.8) is 0 Å². The fourth-order valence-corrected chi connectivity index (χ4v) is 0.943. The van der Waals surface area contributed by atoms with E-state index in [0.29, 0.717) is 18.9 Å². The summed E-state index contributed by atoms with van der Waals surface area (Å²) in [5, 5.41) is 3.14. The van der Waals surface area contributed by atoms with Crippen LogP contribution in [0.25, 0.3) is 0 Å². The lowest BCUT2D eigenvalue weighted by atomic mass is 10.2. The molecule has 0 radical (unpaired) electrons. The number of alkyl halides is 3. The first-order valence-corrected chi connectivity index (χ1v) is 5.23. The highest BCUT2D eigenvalue weighted by Crippen LogP contribution is 2.22.